The maximum absolute atomic E-state index is 15.2. The van der Waals surface area contributed by atoms with Crippen LogP contribution in [0.15, 0.2) is 34.2 Å². The maximum Gasteiger partial charge on any atom is 0.423 e. The number of aryl methyl sites for hydroxylation is 1. The van der Waals surface area contributed by atoms with E-state index in [4.69, 9.17) is 17.3 Å². The zero-order chi connectivity index (χ0) is 31.8. The Morgan fingerprint density at radius 2 is 1.95 bits per heavy atom. The van der Waals surface area contributed by atoms with Crippen molar-refractivity contribution in [2.24, 2.45) is 0 Å². The molecule has 1 saturated carbocycles. The number of rotatable bonds is 11. The first kappa shape index (κ1) is 31.2. The van der Waals surface area contributed by atoms with Gasteiger partial charge in [0.2, 0.25) is 0 Å². The molecule has 0 saturated heterocycles. The number of nitrogens with one attached hydrogen (secondary N) is 2. The lowest BCUT2D eigenvalue weighted by molar-refractivity contribution is -0.138. The highest BCUT2D eigenvalue weighted by molar-refractivity contribution is 6.33. The van der Waals surface area contributed by atoms with Crippen LogP contribution in [0.2, 0.25) is 5.02 Å². The highest BCUT2D eigenvalue weighted by atomic mass is 35.5. The third kappa shape index (κ3) is 6.77. The molecular weight excluding hydrogens is 622 g/mol. The fourth-order valence-corrected chi connectivity index (χ4v) is 4.88. The van der Waals surface area contributed by atoms with Crippen molar-refractivity contribution in [3.63, 3.8) is 0 Å². The molecule has 44 heavy (non-hydrogen) atoms. The second-order valence-corrected chi connectivity index (χ2v) is 10.4. The zero-order valence-corrected chi connectivity index (χ0v) is 23.2. The van der Waals surface area contributed by atoms with Gasteiger partial charge >= 0.3 is 12.8 Å². The Labute approximate surface area is 248 Å². The van der Waals surface area contributed by atoms with E-state index in [1.54, 1.807) is 5.10 Å². The van der Waals surface area contributed by atoms with Crippen molar-refractivity contribution in [3.05, 3.63) is 67.5 Å². The molecule has 4 aromatic rings. The van der Waals surface area contributed by atoms with Gasteiger partial charge in [0.25, 0.3) is 11.1 Å². The molecule has 0 unspecified atom stereocenters. The maximum atomic E-state index is 15.2. The summed E-state index contributed by atoms with van der Waals surface area (Å²) >= 11 is 6.22. The second-order valence-electron chi connectivity index (χ2n) is 10.1. The smallest absolute Gasteiger partial charge is 0.382 e. The van der Waals surface area contributed by atoms with E-state index in [1.807, 2.05) is 0 Å². The fraction of sp³-hybridized carbons (Fsp3) is 0.385. The van der Waals surface area contributed by atoms with E-state index in [2.05, 4.69) is 30.1 Å². The van der Waals surface area contributed by atoms with Crippen LogP contribution in [0.1, 0.15) is 42.9 Å². The van der Waals surface area contributed by atoms with Gasteiger partial charge in [-0.1, -0.05) is 11.6 Å². The zero-order valence-electron chi connectivity index (χ0n) is 22.5. The van der Waals surface area contributed by atoms with E-state index >= 15 is 4.39 Å². The molecule has 18 heteroatoms. The van der Waals surface area contributed by atoms with Crippen LogP contribution in [0.3, 0.4) is 0 Å². The summed E-state index contributed by atoms with van der Waals surface area (Å²) in [5.41, 5.74) is 2.09. The quantitative estimate of drug-likeness (QED) is 0.197. The van der Waals surface area contributed by atoms with E-state index < -0.39 is 53.6 Å². The first-order valence-electron chi connectivity index (χ1n) is 13.2. The number of nitrogen functional groups attached to an aromatic ring is 1. The minimum atomic E-state index is -5.06. The van der Waals surface area contributed by atoms with Crippen molar-refractivity contribution in [3.8, 4) is 11.4 Å². The highest BCUT2D eigenvalue weighted by Crippen LogP contribution is 2.44. The van der Waals surface area contributed by atoms with Crippen molar-refractivity contribution in [2.75, 3.05) is 17.7 Å². The number of fused-ring (bicyclic) bond motifs is 1. The molecule has 1 fully saturated rings. The van der Waals surface area contributed by atoms with Crippen molar-refractivity contribution in [2.45, 2.75) is 57.0 Å². The Morgan fingerprint density at radius 1 is 1.20 bits per heavy atom. The monoisotopic (exact) mass is 644 g/mol. The lowest BCUT2D eigenvalue weighted by Crippen LogP contribution is -2.32. The largest absolute Gasteiger partial charge is 0.423 e. The molecule has 3 aromatic heterocycles. The first-order valence-corrected chi connectivity index (χ1v) is 13.5. The summed E-state index contributed by atoms with van der Waals surface area (Å²) in [6.45, 7) is -3.99. The average molecular weight is 645 g/mol. The summed E-state index contributed by atoms with van der Waals surface area (Å²) in [6, 6.07) is 1.16. The van der Waals surface area contributed by atoms with Gasteiger partial charge in [-0.25, -0.2) is 24.4 Å². The third-order valence-electron chi connectivity index (χ3n) is 6.89. The molecule has 0 radical (unpaired) electrons. The van der Waals surface area contributed by atoms with Gasteiger partial charge in [0.05, 0.1) is 47.0 Å². The van der Waals surface area contributed by atoms with Gasteiger partial charge in [0.1, 0.15) is 22.2 Å². The minimum absolute atomic E-state index is 0.00172. The molecule has 11 nitrogen and oxygen atoms in total. The number of halogens is 7. The summed E-state index contributed by atoms with van der Waals surface area (Å²) in [6.07, 6.45) is -1.44. The Morgan fingerprint density at radius 3 is 2.64 bits per heavy atom. The normalized spacial score (nSPS) is 14.4. The summed E-state index contributed by atoms with van der Waals surface area (Å²) in [5, 5.41) is 7.55. The number of alkyl halides is 5. The lowest BCUT2D eigenvalue weighted by atomic mass is 10.1. The summed E-state index contributed by atoms with van der Waals surface area (Å²) < 4.78 is 86.4. The summed E-state index contributed by atoms with van der Waals surface area (Å²) in [5.74, 6) is -0.708. The van der Waals surface area contributed by atoms with Gasteiger partial charge in [-0.05, 0) is 37.8 Å². The number of hydrogen-bond acceptors (Lipinski definition) is 9. The van der Waals surface area contributed by atoms with Gasteiger partial charge in [-0.15, -0.1) is 0 Å². The van der Waals surface area contributed by atoms with E-state index in [0.717, 1.165) is 23.5 Å². The predicted molar refractivity (Wildman–Crippen MR) is 147 cm³/mol. The predicted octanol–water partition coefficient (Wildman–Crippen LogP) is 4.71. The molecule has 1 aliphatic rings. The Hall–Kier alpha value is -4.25. The Balaban J connectivity index is 1.35. The van der Waals surface area contributed by atoms with Crippen LogP contribution >= 0.6 is 11.6 Å². The van der Waals surface area contributed by atoms with Crippen LogP contribution in [-0.4, -0.2) is 49.0 Å². The molecule has 5 rings (SSSR count). The van der Waals surface area contributed by atoms with Gasteiger partial charge in [0, 0.05) is 18.5 Å². The van der Waals surface area contributed by atoms with Gasteiger partial charge in [-0.2, -0.15) is 27.1 Å². The second kappa shape index (κ2) is 12.4. The molecule has 1 atom stereocenters. The SMILES string of the molecule is Nc1nc(-c2cc3ncn(CCC[C@H](COC(F)F)Nc4cn[nH]c(=O)c4C(F)(F)F)c(=O)c3cc2F)nc(C2CC2)c1Cl. The fourth-order valence-electron chi connectivity index (χ4n) is 4.64. The number of benzene rings is 1. The molecule has 1 aliphatic carbocycles. The minimum Gasteiger partial charge on any atom is -0.382 e. The van der Waals surface area contributed by atoms with Gasteiger partial charge in [-0.3, -0.25) is 14.2 Å². The third-order valence-corrected chi connectivity index (χ3v) is 7.28. The van der Waals surface area contributed by atoms with Crippen LogP contribution in [-0.2, 0) is 17.5 Å². The molecule has 0 spiro atoms. The molecule has 0 amide bonds. The average Bonchev–Trinajstić information content (AvgIpc) is 3.79. The van der Waals surface area contributed by atoms with E-state index in [0.29, 0.717) is 11.9 Å². The highest BCUT2D eigenvalue weighted by Gasteiger charge is 2.38. The van der Waals surface area contributed by atoms with Crippen LogP contribution in [0.5, 0.6) is 0 Å². The first-order chi connectivity index (χ1) is 20.8. The van der Waals surface area contributed by atoms with Crippen molar-refractivity contribution >= 4 is 34.0 Å². The molecule has 0 aliphatic heterocycles. The summed E-state index contributed by atoms with van der Waals surface area (Å²) in [7, 11) is 0. The number of H-pyrrole nitrogens is 1. The number of nitrogens with two attached hydrogens (primary N) is 1. The van der Waals surface area contributed by atoms with Gasteiger partial charge < -0.3 is 15.8 Å². The van der Waals surface area contributed by atoms with Crippen LogP contribution < -0.4 is 22.2 Å². The van der Waals surface area contributed by atoms with Crippen molar-refractivity contribution < 1.29 is 31.1 Å². The number of hydrogen-bond donors (Lipinski definition) is 3. The number of anilines is 2. The Kier molecular flexibility index (Phi) is 8.78. The van der Waals surface area contributed by atoms with E-state index in [-0.39, 0.29) is 58.4 Å². The van der Waals surface area contributed by atoms with Gasteiger partial charge in [0.15, 0.2) is 5.82 Å². The number of ether oxygens (including phenoxy) is 1. The molecule has 4 N–H and O–H groups in total. The van der Waals surface area contributed by atoms with Crippen LogP contribution in [0, 0.1) is 5.82 Å². The number of nitrogens with zero attached hydrogens (tertiary/aromatic N) is 5. The van der Waals surface area contributed by atoms with E-state index in [9.17, 15) is 31.5 Å². The lowest BCUT2D eigenvalue weighted by Gasteiger charge is -2.22. The Bertz CT molecular complexity index is 1810. The number of aromatic amines is 1. The summed E-state index contributed by atoms with van der Waals surface area (Å²) in [4.78, 5) is 37.6. The number of aromatic nitrogens is 6. The van der Waals surface area contributed by atoms with Crippen molar-refractivity contribution in [1.82, 2.24) is 29.7 Å². The molecule has 3 heterocycles. The topological polar surface area (TPSA) is 154 Å². The van der Waals surface area contributed by atoms with E-state index in [1.165, 1.54) is 12.4 Å². The molecular formula is C26H23ClF6N8O3. The molecule has 1 aromatic carbocycles. The van der Waals surface area contributed by atoms with Crippen LogP contribution in [0.4, 0.5) is 37.8 Å². The van der Waals surface area contributed by atoms with Crippen LogP contribution in [0.25, 0.3) is 22.3 Å². The van der Waals surface area contributed by atoms with Crippen molar-refractivity contribution in [1.29, 1.82) is 0 Å². The molecule has 0 bridgehead atoms. The molecule has 234 valence electrons. The standard InChI is InChI=1S/C26H23ClF6N8O3/c27-19-20(11-3-4-11)38-22(39-21(19)34)13-7-16-14(6-15(13)28)24(43)41(10-35-16)5-1-2-12(9-44-25(29)30)37-17-8-36-40-23(42)18(17)26(31,32)33/h6-8,10-12,25H,1-5,9H2,(H2,34,38,39)(H2,37,40,42)/t12-/m1/s1.